The lowest BCUT2D eigenvalue weighted by Gasteiger charge is -2.32. The zero-order chi connectivity index (χ0) is 22.9. The number of imidazole rings is 1. The predicted octanol–water partition coefficient (Wildman–Crippen LogP) is 4.22. The highest BCUT2D eigenvalue weighted by molar-refractivity contribution is 6.05. The van der Waals surface area contributed by atoms with Crippen LogP contribution in [0.15, 0.2) is 54.6 Å². The number of carbonyl (C=O) groups is 1. The number of para-hydroxylation sites is 1. The zero-order valence-electron chi connectivity index (χ0n) is 19.7. The normalized spacial score (nSPS) is 18.9. The van der Waals surface area contributed by atoms with Crippen molar-refractivity contribution in [2.24, 2.45) is 0 Å². The minimum atomic E-state index is -0.264. The number of benzene rings is 2. The Morgan fingerprint density at radius 3 is 2.48 bits per heavy atom. The lowest BCUT2D eigenvalue weighted by molar-refractivity contribution is -0.0276. The molecule has 1 saturated heterocycles. The molecule has 2 aliphatic rings. The summed E-state index contributed by atoms with van der Waals surface area (Å²) < 4.78 is 8.97. The molecule has 1 amide bonds. The molecule has 3 aromatic rings. The molecule has 3 heterocycles. The number of likely N-dealkylation sites (tertiary alicyclic amines) is 1. The van der Waals surface area contributed by atoms with Gasteiger partial charge in [-0.2, -0.15) is 0 Å². The number of piperidine rings is 1. The first-order valence-electron chi connectivity index (χ1n) is 11.8. The Balaban J connectivity index is 1.52. The summed E-state index contributed by atoms with van der Waals surface area (Å²) >= 11 is 0. The fraction of sp³-hybridized carbons (Fsp3) is 0.407. The highest BCUT2D eigenvalue weighted by Gasteiger charge is 2.33. The van der Waals surface area contributed by atoms with Crippen molar-refractivity contribution in [2.45, 2.75) is 44.9 Å². The van der Waals surface area contributed by atoms with E-state index in [9.17, 15) is 4.79 Å². The fourth-order valence-electron chi connectivity index (χ4n) is 5.00. The maximum absolute atomic E-state index is 13.5. The van der Waals surface area contributed by atoms with Gasteiger partial charge in [-0.15, -0.1) is 0 Å². The standard InChI is InChI=1S/C27H32N4O2/c1-19-24(27(32)30(3)21-10-5-4-6-11-21)28-26-25(33-22-14-16-29(2)17-15-22)23-12-8-7-9-20(23)13-18-31(19)26/h4-12,22,25H,13-18H2,1-3H3. The first-order valence-corrected chi connectivity index (χ1v) is 11.8. The van der Waals surface area contributed by atoms with Gasteiger partial charge in [0.15, 0.2) is 0 Å². The molecule has 0 bridgehead atoms. The van der Waals surface area contributed by atoms with Crippen molar-refractivity contribution in [2.75, 3.05) is 32.1 Å². The van der Waals surface area contributed by atoms with Crippen molar-refractivity contribution in [3.63, 3.8) is 0 Å². The van der Waals surface area contributed by atoms with E-state index in [0.717, 1.165) is 56.1 Å². The molecule has 0 N–H and O–H groups in total. The summed E-state index contributed by atoms with van der Waals surface area (Å²) in [5.41, 5.74) is 4.75. The van der Waals surface area contributed by atoms with Crippen LogP contribution in [0.1, 0.15) is 52.1 Å². The summed E-state index contributed by atoms with van der Waals surface area (Å²) in [5, 5.41) is 0. The number of ether oxygens (including phenoxy) is 1. The molecule has 172 valence electrons. The Morgan fingerprint density at radius 2 is 1.73 bits per heavy atom. The molecule has 33 heavy (non-hydrogen) atoms. The summed E-state index contributed by atoms with van der Waals surface area (Å²) in [7, 11) is 3.97. The van der Waals surface area contributed by atoms with E-state index in [1.165, 1.54) is 11.1 Å². The molecule has 2 aliphatic heterocycles. The molecule has 6 heteroatoms. The van der Waals surface area contributed by atoms with E-state index in [1.54, 1.807) is 4.90 Å². The van der Waals surface area contributed by atoms with Crippen molar-refractivity contribution >= 4 is 11.6 Å². The van der Waals surface area contributed by atoms with E-state index in [2.05, 4.69) is 40.8 Å². The van der Waals surface area contributed by atoms with Gasteiger partial charge in [-0.1, -0.05) is 42.5 Å². The summed E-state index contributed by atoms with van der Waals surface area (Å²) in [6.45, 7) is 4.88. The van der Waals surface area contributed by atoms with Crippen LogP contribution in [0.25, 0.3) is 0 Å². The van der Waals surface area contributed by atoms with Gasteiger partial charge in [-0.25, -0.2) is 4.98 Å². The van der Waals surface area contributed by atoms with Crippen molar-refractivity contribution in [1.29, 1.82) is 0 Å². The Labute approximate surface area is 195 Å². The quantitative estimate of drug-likeness (QED) is 0.605. The van der Waals surface area contributed by atoms with Crippen LogP contribution in [0.3, 0.4) is 0 Å². The SMILES string of the molecule is Cc1c(C(=O)N(C)c2ccccc2)nc2n1CCc1ccccc1C2OC1CCN(C)CC1. The number of anilines is 1. The van der Waals surface area contributed by atoms with Crippen LogP contribution in [0, 0.1) is 6.92 Å². The smallest absolute Gasteiger partial charge is 0.278 e. The number of carbonyl (C=O) groups excluding carboxylic acids is 1. The molecule has 5 rings (SSSR count). The number of hydrogen-bond donors (Lipinski definition) is 0. The van der Waals surface area contributed by atoms with Crippen molar-refractivity contribution < 1.29 is 9.53 Å². The molecule has 0 radical (unpaired) electrons. The number of hydrogen-bond acceptors (Lipinski definition) is 4. The second-order valence-corrected chi connectivity index (χ2v) is 9.22. The summed E-state index contributed by atoms with van der Waals surface area (Å²) in [6.07, 6.45) is 2.85. The van der Waals surface area contributed by atoms with Gasteiger partial charge in [-0.3, -0.25) is 4.79 Å². The van der Waals surface area contributed by atoms with Gasteiger partial charge < -0.3 is 19.1 Å². The molecule has 0 saturated carbocycles. The number of rotatable bonds is 4. The topological polar surface area (TPSA) is 50.6 Å². The number of fused-ring (bicyclic) bond motifs is 2. The first kappa shape index (κ1) is 21.9. The molecule has 0 spiro atoms. The van der Waals surface area contributed by atoms with Gasteiger partial charge in [0, 0.05) is 38.1 Å². The van der Waals surface area contributed by atoms with Gasteiger partial charge in [0.1, 0.15) is 17.6 Å². The minimum absolute atomic E-state index is 0.0920. The predicted molar refractivity (Wildman–Crippen MR) is 130 cm³/mol. The minimum Gasteiger partial charge on any atom is -0.362 e. The third kappa shape index (κ3) is 4.21. The van der Waals surface area contributed by atoms with E-state index in [4.69, 9.17) is 9.72 Å². The maximum Gasteiger partial charge on any atom is 0.278 e. The molecule has 1 aromatic heterocycles. The van der Waals surface area contributed by atoms with Gasteiger partial charge in [0.2, 0.25) is 0 Å². The van der Waals surface area contributed by atoms with Crippen molar-refractivity contribution in [1.82, 2.24) is 14.5 Å². The Morgan fingerprint density at radius 1 is 1.03 bits per heavy atom. The Hall–Kier alpha value is -2.96. The summed E-state index contributed by atoms with van der Waals surface area (Å²) in [6, 6.07) is 18.2. The molecular weight excluding hydrogens is 412 g/mol. The van der Waals surface area contributed by atoms with Crippen LogP contribution in [-0.4, -0.2) is 53.6 Å². The lowest BCUT2D eigenvalue weighted by Crippen LogP contribution is -2.35. The van der Waals surface area contributed by atoms with E-state index in [1.807, 2.05) is 44.3 Å². The van der Waals surface area contributed by atoms with Crippen LogP contribution in [-0.2, 0) is 17.7 Å². The van der Waals surface area contributed by atoms with Gasteiger partial charge >= 0.3 is 0 Å². The van der Waals surface area contributed by atoms with Gasteiger partial charge in [0.25, 0.3) is 5.91 Å². The number of aryl methyl sites for hydroxylation is 1. The van der Waals surface area contributed by atoms with Gasteiger partial charge in [-0.05, 0) is 56.5 Å². The average molecular weight is 445 g/mol. The molecular formula is C27H32N4O2. The third-order valence-corrected chi connectivity index (χ3v) is 7.07. The van der Waals surface area contributed by atoms with Crippen LogP contribution >= 0.6 is 0 Å². The molecule has 0 aliphatic carbocycles. The number of amides is 1. The highest BCUT2D eigenvalue weighted by atomic mass is 16.5. The van der Waals surface area contributed by atoms with E-state index in [-0.39, 0.29) is 18.1 Å². The van der Waals surface area contributed by atoms with Crippen LogP contribution in [0.5, 0.6) is 0 Å². The van der Waals surface area contributed by atoms with Crippen LogP contribution < -0.4 is 4.90 Å². The van der Waals surface area contributed by atoms with E-state index >= 15 is 0 Å². The van der Waals surface area contributed by atoms with Crippen molar-refractivity contribution in [3.8, 4) is 0 Å². The van der Waals surface area contributed by atoms with E-state index in [0.29, 0.717) is 5.69 Å². The molecule has 6 nitrogen and oxygen atoms in total. The molecule has 2 aromatic carbocycles. The maximum atomic E-state index is 13.5. The fourth-order valence-corrected chi connectivity index (χ4v) is 5.00. The Bertz CT molecular complexity index is 1130. The highest BCUT2D eigenvalue weighted by Crippen LogP contribution is 2.35. The van der Waals surface area contributed by atoms with Crippen LogP contribution in [0.2, 0.25) is 0 Å². The average Bonchev–Trinajstić information content (AvgIpc) is 3.09. The second kappa shape index (κ2) is 9.12. The largest absolute Gasteiger partial charge is 0.362 e. The number of aromatic nitrogens is 2. The van der Waals surface area contributed by atoms with Crippen molar-refractivity contribution in [3.05, 3.63) is 82.9 Å². The second-order valence-electron chi connectivity index (χ2n) is 9.22. The summed E-state index contributed by atoms with van der Waals surface area (Å²) in [5.74, 6) is 0.756. The first-order chi connectivity index (χ1) is 16.0. The molecule has 1 atom stereocenters. The van der Waals surface area contributed by atoms with Gasteiger partial charge in [0.05, 0.1) is 6.10 Å². The molecule has 1 unspecified atom stereocenters. The van der Waals surface area contributed by atoms with Crippen LogP contribution in [0.4, 0.5) is 5.69 Å². The third-order valence-electron chi connectivity index (χ3n) is 7.07. The zero-order valence-corrected chi connectivity index (χ0v) is 19.7. The van der Waals surface area contributed by atoms with E-state index < -0.39 is 0 Å². The Kier molecular flexibility index (Phi) is 6.04. The molecule has 1 fully saturated rings. The number of nitrogens with zero attached hydrogens (tertiary/aromatic N) is 4. The lowest BCUT2D eigenvalue weighted by atomic mass is 10.00. The monoisotopic (exact) mass is 444 g/mol. The summed E-state index contributed by atoms with van der Waals surface area (Å²) in [4.78, 5) is 22.4.